The molecule has 0 amide bonds. The van der Waals surface area contributed by atoms with Crippen molar-refractivity contribution >= 4 is 11.8 Å². The van der Waals surface area contributed by atoms with Gasteiger partial charge < -0.3 is 10.4 Å². The van der Waals surface area contributed by atoms with Crippen molar-refractivity contribution in [1.29, 1.82) is 0 Å². The molecule has 1 aromatic heterocycles. The number of hydrogen-bond donors (Lipinski definition) is 2. The number of hydrogen-bond acceptors (Lipinski definition) is 4. The van der Waals surface area contributed by atoms with Crippen LogP contribution >= 0.6 is 0 Å². The standard InChI is InChI=1S/C16H23N3O2/c20-15(21)11-19-8-5-12(6-9-19)10-14-4-3-13-2-1-7-17-16(13)18-14/h3-4,12H,1-2,5-11H2,(H,17,18)(H,20,21). The maximum Gasteiger partial charge on any atom is 0.317 e. The molecule has 114 valence electrons. The largest absolute Gasteiger partial charge is 0.480 e. The maximum absolute atomic E-state index is 10.7. The molecule has 0 saturated carbocycles. The van der Waals surface area contributed by atoms with Crippen LogP contribution in [0.1, 0.15) is 30.5 Å². The van der Waals surface area contributed by atoms with E-state index in [0.717, 1.165) is 51.1 Å². The van der Waals surface area contributed by atoms with Crippen molar-refractivity contribution in [2.24, 2.45) is 5.92 Å². The normalized spacial score (nSPS) is 19.8. The molecule has 0 spiro atoms. The Morgan fingerprint density at radius 3 is 2.95 bits per heavy atom. The number of fused-ring (bicyclic) bond motifs is 1. The quantitative estimate of drug-likeness (QED) is 0.884. The first-order valence-corrected chi connectivity index (χ1v) is 7.87. The summed E-state index contributed by atoms with van der Waals surface area (Å²) in [6, 6.07) is 4.37. The Balaban J connectivity index is 1.54. The molecule has 0 atom stereocenters. The van der Waals surface area contributed by atoms with Crippen molar-refractivity contribution in [3.63, 3.8) is 0 Å². The van der Waals surface area contributed by atoms with Gasteiger partial charge in [0.15, 0.2) is 0 Å². The summed E-state index contributed by atoms with van der Waals surface area (Å²) in [6.45, 7) is 2.98. The fraction of sp³-hybridized carbons (Fsp3) is 0.625. The van der Waals surface area contributed by atoms with E-state index >= 15 is 0 Å². The van der Waals surface area contributed by atoms with Gasteiger partial charge in [0.2, 0.25) is 0 Å². The molecule has 5 nitrogen and oxygen atoms in total. The number of carbonyl (C=O) groups is 1. The molecule has 21 heavy (non-hydrogen) atoms. The van der Waals surface area contributed by atoms with Crippen LogP contribution in [0.4, 0.5) is 5.82 Å². The van der Waals surface area contributed by atoms with Crippen molar-refractivity contribution in [1.82, 2.24) is 9.88 Å². The zero-order valence-corrected chi connectivity index (χ0v) is 12.3. The lowest BCUT2D eigenvalue weighted by atomic mass is 9.91. The predicted octanol–water partition coefficient (Wildman–Crippen LogP) is 1.78. The molecule has 0 bridgehead atoms. The van der Waals surface area contributed by atoms with Crippen LogP contribution in [-0.2, 0) is 17.6 Å². The van der Waals surface area contributed by atoms with Crippen LogP contribution in [0.3, 0.4) is 0 Å². The van der Waals surface area contributed by atoms with E-state index in [1.165, 1.54) is 17.7 Å². The molecule has 3 heterocycles. The number of nitrogens with one attached hydrogen (secondary N) is 1. The van der Waals surface area contributed by atoms with E-state index in [9.17, 15) is 4.79 Å². The fourth-order valence-electron chi connectivity index (χ4n) is 3.32. The molecule has 2 N–H and O–H groups in total. The van der Waals surface area contributed by atoms with Gasteiger partial charge in [-0.3, -0.25) is 9.69 Å². The van der Waals surface area contributed by atoms with Crippen molar-refractivity contribution in [3.8, 4) is 0 Å². The van der Waals surface area contributed by atoms with Gasteiger partial charge in [-0.25, -0.2) is 4.98 Å². The van der Waals surface area contributed by atoms with E-state index in [0.29, 0.717) is 5.92 Å². The first-order chi connectivity index (χ1) is 10.2. The molecule has 0 radical (unpaired) electrons. The minimum Gasteiger partial charge on any atom is -0.480 e. The molecule has 0 aromatic carbocycles. The highest BCUT2D eigenvalue weighted by Crippen LogP contribution is 2.24. The first kappa shape index (κ1) is 14.3. The molecule has 1 aromatic rings. The van der Waals surface area contributed by atoms with Crippen LogP contribution in [0.25, 0.3) is 0 Å². The zero-order valence-electron chi connectivity index (χ0n) is 12.3. The second-order valence-electron chi connectivity index (χ2n) is 6.16. The summed E-state index contributed by atoms with van der Waals surface area (Å²) in [5.41, 5.74) is 2.50. The summed E-state index contributed by atoms with van der Waals surface area (Å²) in [7, 11) is 0. The average molecular weight is 289 g/mol. The highest BCUT2D eigenvalue weighted by atomic mass is 16.4. The van der Waals surface area contributed by atoms with Gasteiger partial charge in [0.05, 0.1) is 6.54 Å². The number of anilines is 1. The number of piperidine rings is 1. The summed E-state index contributed by atoms with van der Waals surface area (Å²) < 4.78 is 0. The molecule has 1 saturated heterocycles. The summed E-state index contributed by atoms with van der Waals surface area (Å²) in [4.78, 5) is 17.5. The minimum absolute atomic E-state index is 0.174. The second-order valence-corrected chi connectivity index (χ2v) is 6.16. The topological polar surface area (TPSA) is 65.5 Å². The van der Waals surface area contributed by atoms with Crippen molar-refractivity contribution in [3.05, 3.63) is 23.4 Å². The summed E-state index contributed by atoms with van der Waals surface area (Å²) in [5, 5.41) is 12.2. The van der Waals surface area contributed by atoms with E-state index in [1.54, 1.807) is 0 Å². The lowest BCUT2D eigenvalue weighted by Gasteiger charge is -2.30. The predicted molar refractivity (Wildman–Crippen MR) is 81.6 cm³/mol. The third kappa shape index (κ3) is 3.73. The van der Waals surface area contributed by atoms with Crippen molar-refractivity contribution in [2.45, 2.75) is 32.1 Å². The lowest BCUT2D eigenvalue weighted by molar-refractivity contribution is -0.138. The number of rotatable bonds is 4. The van der Waals surface area contributed by atoms with Gasteiger partial charge in [0.1, 0.15) is 5.82 Å². The van der Waals surface area contributed by atoms with Crippen molar-refractivity contribution < 1.29 is 9.90 Å². The van der Waals surface area contributed by atoms with E-state index in [1.807, 2.05) is 4.90 Å². The summed E-state index contributed by atoms with van der Waals surface area (Å²) in [5.74, 6) is 0.974. The second kappa shape index (κ2) is 6.43. The highest BCUT2D eigenvalue weighted by molar-refractivity contribution is 5.69. The molecule has 2 aliphatic heterocycles. The molecular weight excluding hydrogens is 266 g/mol. The third-order valence-corrected chi connectivity index (χ3v) is 4.52. The SMILES string of the molecule is O=C(O)CN1CCC(Cc2ccc3c(n2)NCCC3)CC1. The molecule has 1 fully saturated rings. The Kier molecular flexibility index (Phi) is 4.39. The lowest BCUT2D eigenvalue weighted by Crippen LogP contribution is -2.37. The van der Waals surface area contributed by atoms with Crippen LogP contribution in [-0.4, -0.2) is 47.1 Å². The average Bonchev–Trinajstić information content (AvgIpc) is 2.49. The Hall–Kier alpha value is -1.62. The van der Waals surface area contributed by atoms with Crippen LogP contribution in [0.15, 0.2) is 12.1 Å². The fourth-order valence-corrected chi connectivity index (χ4v) is 3.32. The molecule has 0 aliphatic carbocycles. The van der Waals surface area contributed by atoms with Crippen LogP contribution in [0.5, 0.6) is 0 Å². The van der Waals surface area contributed by atoms with Gasteiger partial charge >= 0.3 is 5.97 Å². The van der Waals surface area contributed by atoms with Gasteiger partial charge in [-0.15, -0.1) is 0 Å². The van der Waals surface area contributed by atoms with Gasteiger partial charge in [0, 0.05) is 12.2 Å². The third-order valence-electron chi connectivity index (χ3n) is 4.52. The van der Waals surface area contributed by atoms with E-state index < -0.39 is 5.97 Å². The zero-order chi connectivity index (χ0) is 14.7. The molecule has 3 rings (SSSR count). The number of nitrogens with zero attached hydrogens (tertiary/aromatic N) is 2. The first-order valence-electron chi connectivity index (χ1n) is 7.87. The number of carboxylic acids is 1. The highest BCUT2D eigenvalue weighted by Gasteiger charge is 2.21. The van der Waals surface area contributed by atoms with Crippen molar-refractivity contribution in [2.75, 3.05) is 31.5 Å². The van der Waals surface area contributed by atoms with Crippen LogP contribution < -0.4 is 5.32 Å². The number of aliphatic carboxylic acids is 1. The van der Waals surface area contributed by atoms with Gasteiger partial charge in [0.25, 0.3) is 0 Å². The maximum atomic E-state index is 10.7. The van der Waals surface area contributed by atoms with Gasteiger partial charge in [-0.2, -0.15) is 0 Å². The Morgan fingerprint density at radius 2 is 2.19 bits per heavy atom. The Labute approximate surface area is 125 Å². The molecule has 5 heteroatoms. The number of pyridine rings is 1. The number of aryl methyl sites for hydroxylation is 1. The van der Waals surface area contributed by atoms with Gasteiger partial charge in [-0.1, -0.05) is 6.07 Å². The van der Waals surface area contributed by atoms with Gasteiger partial charge in [-0.05, 0) is 62.7 Å². The Bertz CT molecular complexity index is 510. The van der Waals surface area contributed by atoms with E-state index in [-0.39, 0.29) is 6.54 Å². The molecule has 0 unspecified atom stereocenters. The monoisotopic (exact) mass is 289 g/mol. The molecule has 2 aliphatic rings. The van der Waals surface area contributed by atoms with Crippen LogP contribution in [0, 0.1) is 5.92 Å². The molecular formula is C16H23N3O2. The summed E-state index contributed by atoms with van der Waals surface area (Å²) >= 11 is 0. The summed E-state index contributed by atoms with van der Waals surface area (Å²) in [6.07, 6.45) is 5.47. The smallest absolute Gasteiger partial charge is 0.317 e. The Morgan fingerprint density at radius 1 is 1.38 bits per heavy atom. The van der Waals surface area contributed by atoms with E-state index in [2.05, 4.69) is 17.4 Å². The number of likely N-dealkylation sites (tertiary alicyclic amines) is 1. The number of aromatic nitrogens is 1. The van der Waals surface area contributed by atoms with Crippen LogP contribution in [0.2, 0.25) is 0 Å². The number of carboxylic acid groups (broad SMARTS) is 1. The van der Waals surface area contributed by atoms with E-state index in [4.69, 9.17) is 10.1 Å². The minimum atomic E-state index is -0.726.